The van der Waals surface area contributed by atoms with Crippen LogP contribution in [0.4, 0.5) is 45.5 Å². The summed E-state index contributed by atoms with van der Waals surface area (Å²) in [5.41, 5.74) is 24.5. The van der Waals surface area contributed by atoms with Gasteiger partial charge in [-0.3, -0.25) is 0 Å². The van der Waals surface area contributed by atoms with Gasteiger partial charge in [0.1, 0.15) is 0 Å². The van der Waals surface area contributed by atoms with E-state index in [9.17, 15) is 0 Å². The second kappa shape index (κ2) is 17.5. The summed E-state index contributed by atoms with van der Waals surface area (Å²) in [5, 5.41) is 0. The maximum atomic E-state index is 2.87. The smallest absolute Gasteiger partial charge is 0.252 e. The molecule has 4 aliphatic rings. The summed E-state index contributed by atoms with van der Waals surface area (Å²) in [5.74, 6) is 0. The number of rotatable bonds is 4. The SMILES string of the molecule is CC(C)(C)c1ccc(C23CCCCC2(C)N(c2cc4c5c(c2)N(c2cccc(C(C)(C)C)c2)c2cc(C(C)(C)C)ccc2B5c2ccc(C(C)(C)C)cc2N4c2cccc(C(C)(C)C)c2)c2ccc(C(C)(C)C)cc23)cc1. The molecular weight excluding hydrogens is 930 g/mol. The number of nitrogens with zero attached hydrogens (tertiary/aromatic N) is 3. The zero-order valence-electron chi connectivity index (χ0n) is 50.5. The minimum atomic E-state index is -0.292. The van der Waals surface area contributed by atoms with Gasteiger partial charge in [-0.1, -0.05) is 222 Å². The lowest BCUT2D eigenvalue weighted by Gasteiger charge is -2.53. The summed E-state index contributed by atoms with van der Waals surface area (Å²) in [4.78, 5) is 8.23. The Labute approximate surface area is 465 Å². The van der Waals surface area contributed by atoms with E-state index in [4.69, 9.17) is 0 Å². The summed E-state index contributed by atoms with van der Waals surface area (Å²) in [6, 6.07) is 56.7. The molecule has 4 heteroatoms. The molecule has 3 aliphatic heterocycles. The lowest BCUT2D eigenvalue weighted by Crippen LogP contribution is -2.61. The molecule has 1 saturated carbocycles. The van der Waals surface area contributed by atoms with Gasteiger partial charge in [0.05, 0.1) is 5.54 Å². The highest BCUT2D eigenvalue weighted by Gasteiger charge is 2.62. The van der Waals surface area contributed by atoms with Crippen molar-refractivity contribution in [1.29, 1.82) is 0 Å². The normalized spacial score (nSPS) is 19.4. The van der Waals surface area contributed by atoms with Gasteiger partial charge in [-0.2, -0.15) is 0 Å². The largest absolute Gasteiger partial charge is 0.334 e. The van der Waals surface area contributed by atoms with E-state index >= 15 is 0 Å². The van der Waals surface area contributed by atoms with Crippen molar-refractivity contribution >= 4 is 68.6 Å². The summed E-state index contributed by atoms with van der Waals surface area (Å²) in [7, 11) is 0. The van der Waals surface area contributed by atoms with Crippen molar-refractivity contribution in [3.63, 3.8) is 0 Å². The maximum Gasteiger partial charge on any atom is 0.252 e. The molecule has 1 aliphatic carbocycles. The fourth-order valence-corrected chi connectivity index (χ4v) is 14.0. The van der Waals surface area contributed by atoms with Gasteiger partial charge >= 0.3 is 0 Å². The predicted octanol–water partition coefficient (Wildman–Crippen LogP) is 18.3. The van der Waals surface area contributed by atoms with E-state index < -0.39 is 0 Å². The molecule has 7 aromatic rings. The van der Waals surface area contributed by atoms with Crippen LogP contribution in [0.1, 0.15) is 202 Å². The summed E-state index contributed by atoms with van der Waals surface area (Å²) >= 11 is 0. The third-order valence-electron chi connectivity index (χ3n) is 18.7. The average molecular weight is 1020 g/mol. The Morgan fingerprint density at radius 1 is 0.364 bits per heavy atom. The van der Waals surface area contributed by atoms with E-state index in [1.165, 1.54) is 119 Å². The molecule has 398 valence electrons. The number of hydrogen-bond donors (Lipinski definition) is 0. The molecular formula is C73H88BN3. The van der Waals surface area contributed by atoms with Gasteiger partial charge in [0.25, 0.3) is 6.71 Å². The monoisotopic (exact) mass is 1020 g/mol. The number of anilines is 8. The van der Waals surface area contributed by atoms with Crippen LogP contribution in [-0.2, 0) is 37.9 Å². The van der Waals surface area contributed by atoms with E-state index in [-0.39, 0.29) is 50.2 Å². The lowest BCUT2D eigenvalue weighted by atomic mass is 9.33. The maximum absolute atomic E-state index is 2.87. The number of hydrogen-bond acceptors (Lipinski definition) is 3. The molecule has 2 unspecified atom stereocenters. The molecule has 3 nitrogen and oxygen atoms in total. The van der Waals surface area contributed by atoms with Crippen LogP contribution in [0.25, 0.3) is 0 Å². The first kappa shape index (κ1) is 53.0. The van der Waals surface area contributed by atoms with E-state index in [0.29, 0.717) is 0 Å². The van der Waals surface area contributed by atoms with Crippen LogP contribution >= 0.6 is 0 Å². The van der Waals surface area contributed by atoms with Crippen LogP contribution in [0.2, 0.25) is 0 Å². The van der Waals surface area contributed by atoms with Gasteiger partial charge in [-0.05, 0) is 168 Å². The Kier molecular flexibility index (Phi) is 12.1. The van der Waals surface area contributed by atoms with Crippen LogP contribution in [0, 0.1) is 0 Å². The van der Waals surface area contributed by atoms with Gasteiger partial charge in [0, 0.05) is 50.9 Å². The first-order chi connectivity index (χ1) is 35.8. The van der Waals surface area contributed by atoms with E-state index in [1.807, 2.05) is 0 Å². The van der Waals surface area contributed by atoms with Gasteiger partial charge in [-0.15, -0.1) is 0 Å². The quantitative estimate of drug-likeness (QED) is 0.163. The molecule has 2 atom stereocenters. The third kappa shape index (κ3) is 8.51. The van der Waals surface area contributed by atoms with Gasteiger partial charge < -0.3 is 14.7 Å². The van der Waals surface area contributed by atoms with Crippen LogP contribution in [0.3, 0.4) is 0 Å². The van der Waals surface area contributed by atoms with Crippen LogP contribution in [-0.4, -0.2) is 12.3 Å². The topological polar surface area (TPSA) is 9.72 Å². The molecule has 0 spiro atoms. The molecule has 3 heterocycles. The molecule has 1 fully saturated rings. The summed E-state index contributed by atoms with van der Waals surface area (Å²) < 4.78 is 0. The fraction of sp³-hybridized carbons (Fsp3) is 0.425. The van der Waals surface area contributed by atoms with Gasteiger partial charge in [0.2, 0.25) is 0 Å². The van der Waals surface area contributed by atoms with Crippen molar-refractivity contribution < 1.29 is 0 Å². The highest BCUT2D eigenvalue weighted by Crippen LogP contribution is 2.65. The zero-order chi connectivity index (χ0) is 55.4. The van der Waals surface area contributed by atoms with Crippen molar-refractivity contribution in [2.24, 2.45) is 0 Å². The molecule has 11 rings (SSSR count). The second-order valence-corrected chi connectivity index (χ2v) is 30.2. The Hall–Kier alpha value is -6.00. The first-order valence-corrected chi connectivity index (χ1v) is 29.2. The zero-order valence-corrected chi connectivity index (χ0v) is 50.5. The van der Waals surface area contributed by atoms with E-state index in [0.717, 1.165) is 12.8 Å². The standard InChI is InChI=1S/C73H88BN3/c1-66(2,3)47-28-30-48(31-29-47)73-39-21-20-38-72(73,19)77(60-37-34-51(42-57(60)73)69(10,11)12)56-45-63-65-64(46-56)76(55-27-23-25-50(41-55)68(7,8)9)62-44-53(71(16,17)18)33-36-59(62)74(65)58-35-32-52(70(13,14)15)43-61(58)75(63)54-26-22-24-49(40-54)67(4,5)6/h22-37,40-46H,20-21,38-39H2,1-19H3. The third-order valence-corrected chi connectivity index (χ3v) is 18.7. The minimum Gasteiger partial charge on any atom is -0.334 e. The molecule has 0 saturated heterocycles. The molecule has 7 aromatic carbocycles. The Morgan fingerprint density at radius 3 is 1.22 bits per heavy atom. The van der Waals surface area contributed by atoms with Crippen LogP contribution in [0.5, 0.6) is 0 Å². The molecule has 0 N–H and O–H groups in total. The Bertz CT molecular complexity index is 3310. The van der Waals surface area contributed by atoms with Crippen molar-refractivity contribution in [2.75, 3.05) is 14.7 Å². The van der Waals surface area contributed by atoms with Gasteiger partial charge in [-0.25, -0.2) is 0 Å². The molecule has 0 amide bonds. The lowest BCUT2D eigenvalue weighted by molar-refractivity contribution is 0.215. The second-order valence-electron chi connectivity index (χ2n) is 30.2. The molecule has 0 radical (unpaired) electrons. The molecule has 0 aromatic heterocycles. The fourth-order valence-electron chi connectivity index (χ4n) is 14.0. The summed E-state index contributed by atoms with van der Waals surface area (Å²) in [6.07, 6.45) is 4.54. The van der Waals surface area contributed by atoms with Crippen molar-refractivity contribution in [1.82, 2.24) is 0 Å². The van der Waals surface area contributed by atoms with E-state index in [2.05, 4.69) is 286 Å². The highest BCUT2D eigenvalue weighted by atomic mass is 15.3. The van der Waals surface area contributed by atoms with E-state index in [1.54, 1.807) is 0 Å². The van der Waals surface area contributed by atoms with Crippen LogP contribution < -0.4 is 31.1 Å². The van der Waals surface area contributed by atoms with Gasteiger partial charge in [0.15, 0.2) is 0 Å². The Balaban J connectivity index is 1.29. The predicted molar refractivity (Wildman–Crippen MR) is 335 cm³/mol. The van der Waals surface area contributed by atoms with Crippen molar-refractivity contribution in [3.05, 3.63) is 184 Å². The Morgan fingerprint density at radius 2 is 0.766 bits per heavy atom. The minimum absolute atomic E-state index is 0.00270. The average Bonchev–Trinajstić information content (AvgIpc) is 3.53. The number of benzene rings is 7. The summed E-state index contributed by atoms with van der Waals surface area (Å²) in [6.45, 7) is 45.1. The molecule has 0 bridgehead atoms. The number of fused-ring (bicyclic) bond motifs is 7. The van der Waals surface area contributed by atoms with Crippen molar-refractivity contribution in [2.45, 2.75) is 201 Å². The molecule has 77 heavy (non-hydrogen) atoms. The first-order valence-electron chi connectivity index (χ1n) is 29.2. The van der Waals surface area contributed by atoms with Crippen molar-refractivity contribution in [3.8, 4) is 0 Å². The highest BCUT2D eigenvalue weighted by molar-refractivity contribution is 7.00. The van der Waals surface area contributed by atoms with Crippen LogP contribution in [0.15, 0.2) is 140 Å².